The van der Waals surface area contributed by atoms with Crippen LogP contribution in [0.2, 0.25) is 0 Å². The van der Waals surface area contributed by atoms with E-state index in [4.69, 9.17) is 9.47 Å². The quantitative estimate of drug-likeness (QED) is 0.821. The summed E-state index contributed by atoms with van der Waals surface area (Å²) < 4.78 is 10.5. The highest BCUT2D eigenvalue weighted by Gasteiger charge is 2.17. The molecule has 0 bridgehead atoms. The van der Waals surface area contributed by atoms with Crippen molar-refractivity contribution in [3.8, 4) is 0 Å². The Kier molecular flexibility index (Phi) is 4.15. The Morgan fingerprint density at radius 2 is 2.39 bits per heavy atom. The second kappa shape index (κ2) is 5.82. The lowest BCUT2D eigenvalue weighted by molar-refractivity contribution is 0.0384. The Balaban J connectivity index is 1.85. The number of ether oxygens (including phenoxy) is 2. The molecule has 2 heterocycles. The summed E-state index contributed by atoms with van der Waals surface area (Å²) in [6, 6.07) is 3.17. The lowest BCUT2D eigenvalue weighted by Gasteiger charge is -2.09. The number of hydrogen-bond acceptors (Lipinski definition) is 4. The fraction of sp³-hybridized carbons (Fsp3) is 0.538. The van der Waals surface area contributed by atoms with Crippen molar-refractivity contribution in [2.45, 2.75) is 32.3 Å². The van der Waals surface area contributed by atoms with Gasteiger partial charge in [0.1, 0.15) is 5.56 Å². The fourth-order valence-electron chi connectivity index (χ4n) is 1.97. The molecule has 1 fully saturated rings. The number of H-pyrrole nitrogens is 1. The van der Waals surface area contributed by atoms with Crippen LogP contribution in [0.3, 0.4) is 0 Å². The summed E-state index contributed by atoms with van der Waals surface area (Å²) in [5.74, 6) is -0.575. The van der Waals surface area contributed by atoms with Crippen LogP contribution in [0.15, 0.2) is 16.9 Å². The summed E-state index contributed by atoms with van der Waals surface area (Å²) >= 11 is 0. The Bertz CT molecular complexity index is 474. The molecule has 0 unspecified atom stereocenters. The molecule has 5 nitrogen and oxygen atoms in total. The third-order valence-corrected chi connectivity index (χ3v) is 2.97. The summed E-state index contributed by atoms with van der Waals surface area (Å²) in [7, 11) is 0. The average Bonchev–Trinajstić information content (AvgIpc) is 2.81. The highest BCUT2D eigenvalue weighted by molar-refractivity contribution is 5.88. The van der Waals surface area contributed by atoms with E-state index in [1.54, 1.807) is 13.0 Å². The molecule has 1 N–H and O–H groups in total. The average molecular weight is 251 g/mol. The van der Waals surface area contributed by atoms with Crippen LogP contribution in [0.5, 0.6) is 0 Å². The van der Waals surface area contributed by atoms with Crippen molar-refractivity contribution in [2.75, 3.05) is 13.2 Å². The predicted molar refractivity (Wildman–Crippen MR) is 65.7 cm³/mol. The van der Waals surface area contributed by atoms with Gasteiger partial charge in [0.25, 0.3) is 5.56 Å². The van der Waals surface area contributed by atoms with Crippen molar-refractivity contribution < 1.29 is 14.3 Å². The van der Waals surface area contributed by atoms with Gasteiger partial charge in [-0.15, -0.1) is 0 Å². The summed E-state index contributed by atoms with van der Waals surface area (Å²) in [4.78, 5) is 25.8. The molecule has 1 aliphatic heterocycles. The van der Waals surface area contributed by atoms with Crippen molar-refractivity contribution in [3.63, 3.8) is 0 Å². The molecule has 1 atom stereocenters. The molecule has 1 aromatic heterocycles. The molecule has 0 aliphatic carbocycles. The molecule has 0 spiro atoms. The van der Waals surface area contributed by atoms with E-state index in [0.29, 0.717) is 6.42 Å². The van der Waals surface area contributed by atoms with E-state index < -0.39 is 11.5 Å². The lowest BCUT2D eigenvalue weighted by Crippen LogP contribution is -2.21. The van der Waals surface area contributed by atoms with Crippen LogP contribution in [0, 0.1) is 6.92 Å². The number of esters is 1. The van der Waals surface area contributed by atoms with Crippen LogP contribution < -0.4 is 5.56 Å². The van der Waals surface area contributed by atoms with Crippen LogP contribution in [0.4, 0.5) is 0 Å². The fourth-order valence-corrected chi connectivity index (χ4v) is 1.97. The lowest BCUT2D eigenvalue weighted by atomic mass is 10.2. The van der Waals surface area contributed by atoms with E-state index in [9.17, 15) is 9.59 Å². The summed E-state index contributed by atoms with van der Waals surface area (Å²) in [5.41, 5.74) is 0.362. The van der Waals surface area contributed by atoms with E-state index >= 15 is 0 Å². The van der Waals surface area contributed by atoms with E-state index in [2.05, 4.69) is 4.98 Å². The zero-order valence-corrected chi connectivity index (χ0v) is 10.4. The SMILES string of the molecule is Cc1ccc(C(=O)OCC[C@H]2CCCO2)c(=O)[nH]1. The summed E-state index contributed by atoms with van der Waals surface area (Å²) in [5, 5.41) is 0. The Morgan fingerprint density at radius 3 is 3.06 bits per heavy atom. The molecule has 98 valence electrons. The largest absolute Gasteiger partial charge is 0.462 e. The smallest absolute Gasteiger partial charge is 0.343 e. The van der Waals surface area contributed by atoms with Crippen LogP contribution in [-0.4, -0.2) is 30.3 Å². The third kappa shape index (κ3) is 3.20. The first kappa shape index (κ1) is 12.8. The van der Waals surface area contributed by atoms with E-state index in [1.165, 1.54) is 6.07 Å². The standard InChI is InChI=1S/C13H17NO4/c1-9-4-5-11(12(15)14-9)13(16)18-8-6-10-3-2-7-17-10/h4-5,10H,2-3,6-8H2,1H3,(H,14,15)/t10-/m1/s1. The second-order valence-electron chi connectivity index (χ2n) is 4.44. The zero-order chi connectivity index (χ0) is 13.0. The van der Waals surface area contributed by atoms with Crippen molar-refractivity contribution in [1.29, 1.82) is 0 Å². The van der Waals surface area contributed by atoms with Crippen molar-refractivity contribution in [2.24, 2.45) is 0 Å². The van der Waals surface area contributed by atoms with Gasteiger partial charge >= 0.3 is 5.97 Å². The van der Waals surface area contributed by atoms with Crippen LogP contribution in [0.1, 0.15) is 35.3 Å². The molecule has 0 aromatic carbocycles. The Morgan fingerprint density at radius 1 is 1.56 bits per heavy atom. The number of aromatic amines is 1. The molecule has 1 aliphatic rings. The van der Waals surface area contributed by atoms with Crippen LogP contribution in [0.25, 0.3) is 0 Å². The number of carbonyl (C=O) groups excluding carboxylic acids is 1. The first-order valence-electron chi connectivity index (χ1n) is 6.15. The number of carbonyl (C=O) groups is 1. The first-order chi connectivity index (χ1) is 8.66. The number of hydrogen-bond donors (Lipinski definition) is 1. The molecule has 18 heavy (non-hydrogen) atoms. The monoisotopic (exact) mass is 251 g/mol. The maximum Gasteiger partial charge on any atom is 0.343 e. The normalized spacial score (nSPS) is 18.8. The molecule has 0 radical (unpaired) electrons. The van der Waals surface area contributed by atoms with Crippen molar-refractivity contribution in [3.05, 3.63) is 33.7 Å². The maximum absolute atomic E-state index is 11.7. The molecule has 1 saturated heterocycles. The summed E-state index contributed by atoms with van der Waals surface area (Å²) in [6.45, 7) is 2.83. The van der Waals surface area contributed by atoms with E-state index in [1.807, 2.05) is 0 Å². The van der Waals surface area contributed by atoms with Gasteiger partial charge in [-0.05, 0) is 31.9 Å². The van der Waals surface area contributed by atoms with Gasteiger partial charge in [0.2, 0.25) is 0 Å². The number of rotatable bonds is 4. The van der Waals surface area contributed by atoms with Gasteiger partial charge in [-0.25, -0.2) is 4.79 Å². The Labute approximate surface area is 105 Å². The van der Waals surface area contributed by atoms with E-state index in [0.717, 1.165) is 25.1 Å². The van der Waals surface area contributed by atoms with E-state index in [-0.39, 0.29) is 18.3 Å². The molecule has 0 saturated carbocycles. The first-order valence-corrected chi connectivity index (χ1v) is 6.15. The van der Waals surface area contributed by atoms with Gasteiger partial charge in [-0.1, -0.05) is 0 Å². The van der Waals surface area contributed by atoms with Crippen LogP contribution in [-0.2, 0) is 9.47 Å². The summed E-state index contributed by atoms with van der Waals surface area (Å²) in [6.07, 6.45) is 2.96. The predicted octanol–water partition coefficient (Wildman–Crippen LogP) is 1.41. The number of nitrogens with one attached hydrogen (secondary N) is 1. The van der Waals surface area contributed by atoms with Crippen molar-refractivity contribution in [1.82, 2.24) is 4.98 Å². The molecular weight excluding hydrogens is 234 g/mol. The third-order valence-electron chi connectivity index (χ3n) is 2.97. The van der Waals surface area contributed by atoms with Gasteiger partial charge in [-0.2, -0.15) is 0 Å². The Hall–Kier alpha value is -1.62. The number of aryl methyl sites for hydroxylation is 1. The molecular formula is C13H17NO4. The van der Waals surface area contributed by atoms with Crippen LogP contribution >= 0.6 is 0 Å². The highest BCUT2D eigenvalue weighted by Crippen LogP contribution is 2.15. The van der Waals surface area contributed by atoms with Gasteiger partial charge in [-0.3, -0.25) is 4.79 Å². The van der Waals surface area contributed by atoms with Gasteiger partial charge in [0.05, 0.1) is 12.7 Å². The minimum absolute atomic E-state index is 0.0490. The van der Waals surface area contributed by atoms with Gasteiger partial charge in [0.15, 0.2) is 0 Å². The topological polar surface area (TPSA) is 68.4 Å². The maximum atomic E-state index is 11.7. The van der Waals surface area contributed by atoms with Gasteiger partial charge in [0, 0.05) is 18.7 Å². The second-order valence-corrected chi connectivity index (χ2v) is 4.44. The molecule has 2 rings (SSSR count). The number of pyridine rings is 1. The minimum Gasteiger partial charge on any atom is -0.462 e. The number of aromatic nitrogens is 1. The molecule has 1 aromatic rings. The molecule has 5 heteroatoms. The van der Waals surface area contributed by atoms with Crippen molar-refractivity contribution >= 4 is 5.97 Å². The van der Waals surface area contributed by atoms with Gasteiger partial charge < -0.3 is 14.5 Å². The molecule has 0 amide bonds. The zero-order valence-electron chi connectivity index (χ0n) is 10.4. The minimum atomic E-state index is -0.575. The highest BCUT2D eigenvalue weighted by atomic mass is 16.5.